The molecule has 0 saturated heterocycles. The molecule has 1 aromatic heterocycles. The van der Waals surface area contributed by atoms with Gasteiger partial charge in [-0.05, 0) is 0 Å². The highest BCUT2D eigenvalue weighted by molar-refractivity contribution is 6.01. The average Bonchev–Trinajstić information content (AvgIpc) is 2.36. The first-order valence-corrected chi connectivity index (χ1v) is 4.07. The molecule has 0 atom stereocenters. The Morgan fingerprint density at radius 2 is 1.94 bits per heavy atom. The van der Waals surface area contributed by atoms with E-state index < -0.39 is 11.9 Å². The summed E-state index contributed by atoms with van der Waals surface area (Å²) in [5, 5.41) is 8.56. The van der Waals surface area contributed by atoms with Gasteiger partial charge in [-0.3, -0.25) is 0 Å². The van der Waals surface area contributed by atoms with E-state index in [4.69, 9.17) is 5.26 Å². The van der Waals surface area contributed by atoms with Gasteiger partial charge in [-0.1, -0.05) is 0 Å². The van der Waals surface area contributed by atoms with E-state index in [9.17, 15) is 9.59 Å². The Bertz CT molecular complexity index is 478. The third kappa shape index (κ3) is 2.12. The smallest absolute Gasteiger partial charge is 0.357 e. The van der Waals surface area contributed by atoms with Gasteiger partial charge in [0.1, 0.15) is 11.6 Å². The average molecular weight is 221 g/mol. The summed E-state index contributed by atoms with van der Waals surface area (Å²) in [6, 6.07) is 1.65. The SMILES string of the molecule is COC(=O)c1cnc(C#N)nc1C(=O)OC. The number of methoxy groups -OCH3 is 2. The van der Waals surface area contributed by atoms with Crippen LogP contribution in [0.25, 0.3) is 0 Å². The van der Waals surface area contributed by atoms with Crippen molar-refractivity contribution in [2.24, 2.45) is 0 Å². The number of hydrogen-bond donors (Lipinski definition) is 0. The number of esters is 2. The summed E-state index contributed by atoms with van der Waals surface area (Å²) >= 11 is 0. The molecule has 0 aliphatic rings. The van der Waals surface area contributed by atoms with Crippen molar-refractivity contribution in [3.8, 4) is 6.07 Å². The van der Waals surface area contributed by atoms with Crippen molar-refractivity contribution in [1.82, 2.24) is 9.97 Å². The third-order valence-corrected chi connectivity index (χ3v) is 1.67. The molecule has 0 aromatic carbocycles. The molecule has 0 amide bonds. The molecule has 16 heavy (non-hydrogen) atoms. The molecular weight excluding hydrogens is 214 g/mol. The molecule has 0 bridgehead atoms. The minimum Gasteiger partial charge on any atom is -0.465 e. The van der Waals surface area contributed by atoms with Crippen LogP contribution in [-0.4, -0.2) is 36.1 Å². The number of ether oxygens (including phenoxy) is 2. The second-order valence-corrected chi connectivity index (χ2v) is 2.55. The van der Waals surface area contributed by atoms with E-state index in [0.29, 0.717) is 0 Å². The lowest BCUT2D eigenvalue weighted by Gasteiger charge is -2.04. The molecule has 1 aromatic rings. The molecule has 82 valence electrons. The van der Waals surface area contributed by atoms with Crippen molar-refractivity contribution in [1.29, 1.82) is 5.26 Å². The summed E-state index contributed by atoms with van der Waals surface area (Å²) in [5.74, 6) is -1.84. The maximum absolute atomic E-state index is 11.3. The van der Waals surface area contributed by atoms with Crippen molar-refractivity contribution in [3.63, 3.8) is 0 Å². The van der Waals surface area contributed by atoms with Crippen LogP contribution in [0.5, 0.6) is 0 Å². The Morgan fingerprint density at radius 3 is 2.44 bits per heavy atom. The van der Waals surface area contributed by atoms with Gasteiger partial charge in [0.15, 0.2) is 5.69 Å². The highest BCUT2D eigenvalue weighted by atomic mass is 16.5. The Morgan fingerprint density at radius 1 is 1.31 bits per heavy atom. The summed E-state index contributed by atoms with van der Waals surface area (Å²) in [6.45, 7) is 0. The summed E-state index contributed by atoms with van der Waals surface area (Å²) in [4.78, 5) is 29.7. The van der Waals surface area contributed by atoms with Crippen LogP contribution in [0.4, 0.5) is 0 Å². The first-order chi connectivity index (χ1) is 7.63. The minimum absolute atomic E-state index is 0.145. The standard InChI is InChI=1S/C9H7N3O4/c1-15-8(13)5-4-11-6(3-10)12-7(5)9(14)16-2/h4H,1-2H3. The van der Waals surface area contributed by atoms with Gasteiger partial charge in [-0.15, -0.1) is 0 Å². The van der Waals surface area contributed by atoms with E-state index in [1.54, 1.807) is 6.07 Å². The molecule has 0 aliphatic carbocycles. The molecule has 7 heteroatoms. The molecule has 0 spiro atoms. The maximum atomic E-state index is 11.3. The normalized spacial score (nSPS) is 9.06. The van der Waals surface area contributed by atoms with E-state index in [1.807, 2.05) is 0 Å². The quantitative estimate of drug-likeness (QED) is 0.643. The highest BCUT2D eigenvalue weighted by Crippen LogP contribution is 2.08. The van der Waals surface area contributed by atoms with Crippen LogP contribution in [0.1, 0.15) is 26.7 Å². The summed E-state index contributed by atoms with van der Waals surface area (Å²) < 4.78 is 8.86. The maximum Gasteiger partial charge on any atom is 0.357 e. The second kappa shape index (κ2) is 4.84. The zero-order valence-electron chi connectivity index (χ0n) is 8.55. The molecule has 0 N–H and O–H groups in total. The Labute approximate surface area is 90.6 Å². The number of hydrogen-bond acceptors (Lipinski definition) is 7. The summed E-state index contributed by atoms with van der Waals surface area (Å²) in [7, 11) is 2.29. The van der Waals surface area contributed by atoms with Crippen LogP contribution in [0, 0.1) is 11.3 Å². The van der Waals surface area contributed by atoms with Gasteiger partial charge in [0.2, 0.25) is 5.82 Å². The third-order valence-electron chi connectivity index (χ3n) is 1.67. The van der Waals surface area contributed by atoms with E-state index in [-0.39, 0.29) is 17.1 Å². The predicted molar refractivity (Wildman–Crippen MR) is 49.4 cm³/mol. The van der Waals surface area contributed by atoms with Gasteiger partial charge in [0, 0.05) is 6.20 Å². The predicted octanol–water partition coefficient (Wildman–Crippen LogP) is -0.0785. The molecule has 0 aliphatic heterocycles. The largest absolute Gasteiger partial charge is 0.465 e. The van der Waals surface area contributed by atoms with E-state index in [0.717, 1.165) is 20.4 Å². The molecule has 1 rings (SSSR count). The van der Waals surface area contributed by atoms with Crippen LogP contribution in [0.2, 0.25) is 0 Å². The van der Waals surface area contributed by atoms with Crippen LogP contribution in [0.3, 0.4) is 0 Å². The van der Waals surface area contributed by atoms with E-state index in [2.05, 4.69) is 19.4 Å². The summed E-state index contributed by atoms with van der Waals surface area (Å²) in [6.07, 6.45) is 1.05. The molecule has 7 nitrogen and oxygen atoms in total. The van der Waals surface area contributed by atoms with Crippen LogP contribution < -0.4 is 0 Å². The fraction of sp³-hybridized carbons (Fsp3) is 0.222. The van der Waals surface area contributed by atoms with Crippen molar-refractivity contribution >= 4 is 11.9 Å². The topological polar surface area (TPSA) is 102 Å². The molecule has 0 fully saturated rings. The van der Waals surface area contributed by atoms with E-state index >= 15 is 0 Å². The van der Waals surface area contributed by atoms with Gasteiger partial charge in [-0.2, -0.15) is 5.26 Å². The Kier molecular flexibility index (Phi) is 3.50. The van der Waals surface area contributed by atoms with Crippen molar-refractivity contribution in [2.45, 2.75) is 0 Å². The molecular formula is C9H7N3O4. The molecule has 0 radical (unpaired) electrons. The Hall–Kier alpha value is -2.49. The number of aromatic nitrogens is 2. The number of carbonyl (C=O) groups excluding carboxylic acids is 2. The fourth-order valence-corrected chi connectivity index (χ4v) is 0.947. The zero-order valence-corrected chi connectivity index (χ0v) is 8.55. The van der Waals surface area contributed by atoms with Crippen molar-refractivity contribution in [2.75, 3.05) is 14.2 Å². The summed E-state index contributed by atoms with van der Waals surface area (Å²) in [5.41, 5.74) is -0.436. The minimum atomic E-state index is -0.834. The number of nitrogens with zero attached hydrogens (tertiary/aromatic N) is 3. The van der Waals surface area contributed by atoms with Gasteiger partial charge in [0.05, 0.1) is 14.2 Å². The number of rotatable bonds is 2. The van der Waals surface area contributed by atoms with Crippen LogP contribution in [0.15, 0.2) is 6.20 Å². The first kappa shape index (κ1) is 11.6. The fourth-order valence-electron chi connectivity index (χ4n) is 0.947. The lowest BCUT2D eigenvalue weighted by Crippen LogP contribution is -2.15. The van der Waals surface area contributed by atoms with Gasteiger partial charge in [-0.25, -0.2) is 19.6 Å². The zero-order chi connectivity index (χ0) is 12.1. The Balaban J connectivity index is 3.34. The highest BCUT2D eigenvalue weighted by Gasteiger charge is 2.21. The van der Waals surface area contributed by atoms with Gasteiger partial charge in [0.25, 0.3) is 0 Å². The molecule has 0 unspecified atom stereocenters. The molecule has 1 heterocycles. The lowest BCUT2D eigenvalue weighted by molar-refractivity contribution is 0.0549. The number of nitriles is 1. The second-order valence-electron chi connectivity index (χ2n) is 2.55. The van der Waals surface area contributed by atoms with Crippen molar-refractivity contribution in [3.05, 3.63) is 23.3 Å². The van der Waals surface area contributed by atoms with Gasteiger partial charge >= 0.3 is 11.9 Å². The first-order valence-electron chi connectivity index (χ1n) is 4.07. The van der Waals surface area contributed by atoms with Crippen LogP contribution >= 0.6 is 0 Å². The lowest BCUT2D eigenvalue weighted by atomic mass is 10.2. The van der Waals surface area contributed by atoms with Gasteiger partial charge < -0.3 is 9.47 Å². The van der Waals surface area contributed by atoms with Crippen molar-refractivity contribution < 1.29 is 19.1 Å². The number of carbonyl (C=O) groups is 2. The van der Waals surface area contributed by atoms with E-state index in [1.165, 1.54) is 0 Å². The van der Waals surface area contributed by atoms with Crippen LogP contribution in [-0.2, 0) is 9.47 Å². The monoisotopic (exact) mass is 221 g/mol. The molecule has 0 saturated carbocycles.